The van der Waals surface area contributed by atoms with Crippen molar-refractivity contribution >= 4 is 34.1 Å². The average molecular weight is 439 g/mol. The number of carboxylic acid groups (broad SMARTS) is 1. The summed E-state index contributed by atoms with van der Waals surface area (Å²) in [5.41, 5.74) is 2.02. The van der Waals surface area contributed by atoms with Crippen molar-refractivity contribution in [1.82, 2.24) is 15.3 Å². The minimum Gasteiger partial charge on any atom is -0.476 e. The van der Waals surface area contributed by atoms with Crippen LogP contribution in [-0.2, 0) is 11.2 Å². The standard InChI is InChI=1S/C22H22N4O4S/c1-23-17(27)5-3-2-4-14-6-8-15(9-7-14)19(28)26-21-18(22(29)30)25-20(31-21)16-10-12-24-13-11-16/h6-13H,2-5H2,1H3,(H,23,27)(H,26,28)(H,29,30). The molecule has 0 unspecified atom stereocenters. The first-order valence-corrected chi connectivity index (χ1v) is 10.5. The van der Waals surface area contributed by atoms with Crippen molar-refractivity contribution in [2.75, 3.05) is 12.4 Å². The summed E-state index contributed by atoms with van der Waals surface area (Å²) < 4.78 is 0. The molecule has 2 heterocycles. The van der Waals surface area contributed by atoms with Gasteiger partial charge in [-0.15, -0.1) is 0 Å². The molecule has 8 nitrogen and oxygen atoms in total. The van der Waals surface area contributed by atoms with Crippen molar-refractivity contribution in [3.8, 4) is 10.6 Å². The summed E-state index contributed by atoms with van der Waals surface area (Å²) in [5.74, 6) is -1.58. The molecule has 0 spiro atoms. The molecule has 0 saturated heterocycles. The van der Waals surface area contributed by atoms with Crippen molar-refractivity contribution in [2.45, 2.75) is 25.7 Å². The smallest absolute Gasteiger partial charge is 0.357 e. The van der Waals surface area contributed by atoms with Gasteiger partial charge in [0.1, 0.15) is 10.0 Å². The molecule has 0 saturated carbocycles. The Morgan fingerprint density at radius 3 is 2.39 bits per heavy atom. The molecule has 0 aliphatic heterocycles. The summed E-state index contributed by atoms with van der Waals surface area (Å²) in [7, 11) is 1.62. The number of amides is 2. The predicted molar refractivity (Wildman–Crippen MR) is 118 cm³/mol. The molecule has 2 amide bonds. The molecule has 3 aromatic rings. The number of aromatic carboxylic acids is 1. The molecule has 0 bridgehead atoms. The van der Waals surface area contributed by atoms with Crippen LogP contribution in [0.1, 0.15) is 45.7 Å². The van der Waals surface area contributed by atoms with Crippen molar-refractivity contribution in [3.63, 3.8) is 0 Å². The third-order valence-corrected chi connectivity index (χ3v) is 5.62. The fourth-order valence-electron chi connectivity index (χ4n) is 2.91. The minimum atomic E-state index is -1.21. The molecule has 0 radical (unpaired) electrons. The highest BCUT2D eigenvalue weighted by Gasteiger charge is 2.20. The number of carbonyl (C=O) groups is 3. The van der Waals surface area contributed by atoms with Gasteiger partial charge in [-0.3, -0.25) is 14.6 Å². The molecule has 0 fully saturated rings. The molecular formula is C22H22N4O4S. The maximum absolute atomic E-state index is 12.6. The lowest BCUT2D eigenvalue weighted by atomic mass is 10.0. The Morgan fingerprint density at radius 2 is 1.74 bits per heavy atom. The van der Waals surface area contributed by atoms with E-state index in [4.69, 9.17) is 0 Å². The number of carboxylic acids is 1. The molecule has 31 heavy (non-hydrogen) atoms. The highest BCUT2D eigenvalue weighted by Crippen LogP contribution is 2.32. The summed E-state index contributed by atoms with van der Waals surface area (Å²) in [6.07, 6.45) is 6.17. The third-order valence-electron chi connectivity index (χ3n) is 4.60. The lowest BCUT2D eigenvalue weighted by Gasteiger charge is -2.06. The Bertz CT molecular complexity index is 1060. The Morgan fingerprint density at radius 1 is 1.03 bits per heavy atom. The fourth-order valence-corrected chi connectivity index (χ4v) is 3.86. The first kappa shape index (κ1) is 22.1. The maximum atomic E-state index is 12.6. The van der Waals surface area contributed by atoms with E-state index >= 15 is 0 Å². The van der Waals surface area contributed by atoms with Crippen LogP contribution < -0.4 is 10.6 Å². The number of pyridine rings is 1. The van der Waals surface area contributed by atoms with Crippen LogP contribution in [-0.4, -0.2) is 39.9 Å². The van der Waals surface area contributed by atoms with Gasteiger partial charge in [-0.2, -0.15) is 0 Å². The van der Waals surface area contributed by atoms with E-state index in [0.717, 1.165) is 41.7 Å². The summed E-state index contributed by atoms with van der Waals surface area (Å²) in [5, 5.41) is 15.4. The van der Waals surface area contributed by atoms with Gasteiger partial charge >= 0.3 is 5.97 Å². The minimum absolute atomic E-state index is 0.0305. The quantitative estimate of drug-likeness (QED) is 0.439. The summed E-state index contributed by atoms with van der Waals surface area (Å²) in [6.45, 7) is 0. The van der Waals surface area contributed by atoms with Gasteiger partial charge in [0.05, 0.1) is 0 Å². The third kappa shape index (κ3) is 5.95. The van der Waals surface area contributed by atoms with E-state index in [0.29, 0.717) is 17.0 Å². The van der Waals surface area contributed by atoms with Crippen molar-refractivity contribution in [2.24, 2.45) is 0 Å². The summed E-state index contributed by atoms with van der Waals surface area (Å²) >= 11 is 1.10. The monoisotopic (exact) mass is 438 g/mol. The van der Waals surface area contributed by atoms with Crippen LogP contribution in [0.25, 0.3) is 10.6 Å². The molecular weight excluding hydrogens is 416 g/mol. The van der Waals surface area contributed by atoms with Crippen LogP contribution in [0.15, 0.2) is 48.8 Å². The number of aryl methyl sites for hydroxylation is 1. The van der Waals surface area contributed by atoms with Crippen molar-refractivity contribution < 1.29 is 19.5 Å². The van der Waals surface area contributed by atoms with Crippen LogP contribution in [0.5, 0.6) is 0 Å². The Labute approximate surface area is 183 Å². The van der Waals surface area contributed by atoms with Gasteiger partial charge in [-0.05, 0) is 49.1 Å². The number of benzene rings is 1. The Kier molecular flexibility index (Phi) is 7.45. The SMILES string of the molecule is CNC(=O)CCCCc1ccc(C(=O)Nc2sc(-c3ccncc3)nc2C(=O)O)cc1. The van der Waals surface area contributed by atoms with Gasteiger partial charge in [0, 0.05) is 37.0 Å². The van der Waals surface area contributed by atoms with Gasteiger partial charge in [0.25, 0.3) is 5.91 Å². The number of aromatic nitrogens is 2. The zero-order valence-corrected chi connectivity index (χ0v) is 17.7. The lowest BCUT2D eigenvalue weighted by molar-refractivity contribution is -0.120. The highest BCUT2D eigenvalue weighted by molar-refractivity contribution is 7.19. The number of unbranched alkanes of at least 4 members (excludes halogenated alkanes) is 1. The first-order chi connectivity index (χ1) is 15.0. The summed E-state index contributed by atoms with van der Waals surface area (Å²) in [6, 6.07) is 10.6. The van der Waals surface area contributed by atoms with Gasteiger partial charge < -0.3 is 15.7 Å². The second-order valence-corrected chi connectivity index (χ2v) is 7.77. The number of anilines is 1. The molecule has 0 atom stereocenters. The van der Waals surface area contributed by atoms with Crippen molar-refractivity contribution in [3.05, 3.63) is 65.6 Å². The summed E-state index contributed by atoms with van der Waals surface area (Å²) in [4.78, 5) is 43.5. The Balaban J connectivity index is 1.65. The largest absolute Gasteiger partial charge is 0.476 e. The fraction of sp³-hybridized carbons (Fsp3) is 0.227. The van der Waals surface area contributed by atoms with Crippen LogP contribution in [0.3, 0.4) is 0 Å². The molecule has 2 aromatic heterocycles. The molecule has 3 rings (SSSR count). The van der Waals surface area contributed by atoms with E-state index in [-0.39, 0.29) is 16.6 Å². The van der Waals surface area contributed by atoms with Crippen LogP contribution in [0, 0.1) is 0 Å². The van der Waals surface area contributed by atoms with E-state index in [1.54, 1.807) is 43.7 Å². The molecule has 1 aromatic carbocycles. The zero-order chi connectivity index (χ0) is 22.2. The molecule has 9 heteroatoms. The van der Waals surface area contributed by atoms with E-state index in [1.807, 2.05) is 12.1 Å². The van der Waals surface area contributed by atoms with Crippen molar-refractivity contribution in [1.29, 1.82) is 0 Å². The number of carbonyl (C=O) groups excluding carboxylic acids is 2. The maximum Gasteiger partial charge on any atom is 0.357 e. The molecule has 0 aliphatic carbocycles. The van der Waals surface area contributed by atoms with Crippen LogP contribution >= 0.6 is 11.3 Å². The zero-order valence-electron chi connectivity index (χ0n) is 16.9. The topological polar surface area (TPSA) is 121 Å². The average Bonchev–Trinajstić information content (AvgIpc) is 3.21. The van der Waals surface area contributed by atoms with Gasteiger partial charge in [0.2, 0.25) is 5.91 Å². The second-order valence-electron chi connectivity index (χ2n) is 6.77. The van der Waals surface area contributed by atoms with Crippen LogP contribution in [0.4, 0.5) is 5.00 Å². The van der Waals surface area contributed by atoms with Crippen LogP contribution in [0.2, 0.25) is 0 Å². The van der Waals surface area contributed by atoms with Gasteiger partial charge in [0.15, 0.2) is 5.69 Å². The van der Waals surface area contributed by atoms with Gasteiger partial charge in [-0.25, -0.2) is 9.78 Å². The number of nitrogens with zero attached hydrogens (tertiary/aromatic N) is 2. The van der Waals surface area contributed by atoms with E-state index in [9.17, 15) is 19.5 Å². The number of thiazole rings is 1. The second kappa shape index (κ2) is 10.4. The molecule has 0 aliphatic rings. The van der Waals surface area contributed by atoms with E-state index in [2.05, 4.69) is 20.6 Å². The molecule has 160 valence electrons. The number of hydrogen-bond donors (Lipinski definition) is 3. The number of nitrogens with one attached hydrogen (secondary N) is 2. The lowest BCUT2D eigenvalue weighted by Crippen LogP contribution is -2.16. The van der Waals surface area contributed by atoms with E-state index in [1.165, 1.54) is 0 Å². The predicted octanol–water partition coefficient (Wildman–Crippen LogP) is 3.61. The first-order valence-electron chi connectivity index (χ1n) is 9.73. The Hall–Kier alpha value is -3.59. The number of rotatable bonds is 9. The van der Waals surface area contributed by atoms with E-state index < -0.39 is 11.9 Å². The normalized spacial score (nSPS) is 10.5. The molecule has 3 N–H and O–H groups in total. The highest BCUT2D eigenvalue weighted by atomic mass is 32.1. The van der Waals surface area contributed by atoms with Gasteiger partial charge in [-0.1, -0.05) is 23.5 Å². The number of hydrogen-bond acceptors (Lipinski definition) is 6.